The van der Waals surface area contributed by atoms with E-state index in [1.165, 1.54) is 15.9 Å². The van der Waals surface area contributed by atoms with Gasteiger partial charge in [0.25, 0.3) is 0 Å². The van der Waals surface area contributed by atoms with Gasteiger partial charge in [0.05, 0.1) is 24.5 Å². The SMILES string of the molecule is CCCCCS(=O)(=O)NCC(=O)NC[C@H]1[C@@H](C/C=C\C/C=C/C(=O)O)[C@H]2CC[C@@H]1O2.O=C(O)CC=CC[PH](c1ccccc1)(c1ccccc1)c1ccccc1. The molecule has 0 saturated carbocycles. The molecule has 12 heteroatoms. The van der Waals surface area contributed by atoms with E-state index in [2.05, 4.69) is 82.8 Å². The van der Waals surface area contributed by atoms with Gasteiger partial charge in [-0.25, -0.2) is 17.9 Å². The Balaban J connectivity index is 0.000000251. The molecule has 0 radical (unpaired) electrons. The minimum atomic E-state index is -3.42. The zero-order chi connectivity index (χ0) is 40.2. The van der Waals surface area contributed by atoms with Gasteiger partial charge >= 0.3 is 161 Å². The molecule has 5 rings (SSSR count). The van der Waals surface area contributed by atoms with E-state index in [0.717, 1.165) is 44.3 Å². The number of carbonyl (C=O) groups excluding carboxylic acids is 1. The van der Waals surface area contributed by atoms with Crippen molar-refractivity contribution in [1.29, 1.82) is 0 Å². The van der Waals surface area contributed by atoms with Crippen molar-refractivity contribution in [1.82, 2.24) is 10.0 Å². The number of hydrogen-bond donors (Lipinski definition) is 4. The molecule has 2 bridgehead atoms. The van der Waals surface area contributed by atoms with Crippen molar-refractivity contribution in [3.8, 4) is 0 Å². The van der Waals surface area contributed by atoms with Gasteiger partial charge in [-0.2, -0.15) is 0 Å². The fourth-order valence-corrected chi connectivity index (χ4v) is 13.2. The van der Waals surface area contributed by atoms with Crippen molar-refractivity contribution in [2.45, 2.75) is 70.5 Å². The zero-order valence-corrected chi connectivity index (χ0v) is 34.0. The Labute approximate surface area is 332 Å². The average molecular weight is 805 g/mol. The average Bonchev–Trinajstić information content (AvgIpc) is 3.81. The van der Waals surface area contributed by atoms with Crippen molar-refractivity contribution in [3.63, 3.8) is 0 Å². The van der Waals surface area contributed by atoms with Crippen LogP contribution in [0.15, 0.2) is 127 Å². The Hall–Kier alpha value is -4.41. The van der Waals surface area contributed by atoms with Crippen molar-refractivity contribution in [3.05, 3.63) is 127 Å². The maximum absolute atomic E-state index is 12.1. The van der Waals surface area contributed by atoms with E-state index in [4.69, 9.17) is 14.9 Å². The molecule has 2 aliphatic heterocycles. The summed E-state index contributed by atoms with van der Waals surface area (Å²) in [5.41, 5.74) is 0. The number of fused-ring (bicyclic) bond motifs is 2. The number of carbonyl (C=O) groups is 3. The van der Waals surface area contributed by atoms with Gasteiger partial charge in [0, 0.05) is 18.5 Å². The molecule has 56 heavy (non-hydrogen) atoms. The summed E-state index contributed by atoms with van der Waals surface area (Å²) in [6, 6.07) is 31.9. The molecule has 10 nitrogen and oxygen atoms in total. The second-order valence-corrected chi connectivity index (χ2v) is 20.1. The van der Waals surface area contributed by atoms with Gasteiger partial charge in [-0.1, -0.05) is 38.0 Å². The summed E-state index contributed by atoms with van der Waals surface area (Å²) < 4.78 is 32.2. The summed E-state index contributed by atoms with van der Waals surface area (Å²) in [7, 11) is -5.69. The molecule has 0 unspecified atom stereocenters. The molecule has 0 spiro atoms. The van der Waals surface area contributed by atoms with E-state index < -0.39 is 29.2 Å². The Morgan fingerprint density at radius 3 is 1.88 bits per heavy atom. The molecular weight excluding hydrogens is 748 g/mol. The predicted octanol–water partition coefficient (Wildman–Crippen LogP) is 5.73. The summed E-state index contributed by atoms with van der Waals surface area (Å²) in [5, 5.41) is 24.4. The van der Waals surface area contributed by atoms with Crippen molar-refractivity contribution >= 4 is 51.0 Å². The first-order chi connectivity index (χ1) is 27.1. The molecule has 0 aromatic heterocycles. The summed E-state index contributed by atoms with van der Waals surface area (Å²) in [4.78, 5) is 33.5. The maximum atomic E-state index is 12.1. The van der Waals surface area contributed by atoms with Gasteiger partial charge in [-0.05, 0) is 38.0 Å². The van der Waals surface area contributed by atoms with Crippen LogP contribution in [0.4, 0.5) is 0 Å². The minimum absolute atomic E-state index is 0.0460. The Kier molecular flexibility index (Phi) is 18.2. The van der Waals surface area contributed by atoms with E-state index in [-0.39, 0.29) is 42.8 Å². The van der Waals surface area contributed by atoms with Gasteiger partial charge in [0.15, 0.2) is 0 Å². The Bertz CT molecular complexity index is 1770. The topological polar surface area (TPSA) is 159 Å². The van der Waals surface area contributed by atoms with Gasteiger partial charge in [0.1, 0.15) is 0 Å². The fraction of sp³-hybridized carbons (Fsp3) is 0.386. The van der Waals surface area contributed by atoms with Gasteiger partial charge in [-0.3, -0.25) is 4.79 Å². The number of unbranched alkanes of at least 4 members (excludes halogenated alkanes) is 2. The molecule has 302 valence electrons. The Morgan fingerprint density at radius 1 is 0.768 bits per heavy atom. The number of rotatable bonds is 21. The van der Waals surface area contributed by atoms with E-state index in [1.54, 1.807) is 12.2 Å². The number of nitrogens with one attached hydrogen (secondary N) is 2. The van der Waals surface area contributed by atoms with E-state index in [1.807, 2.05) is 43.4 Å². The van der Waals surface area contributed by atoms with Gasteiger partial charge in [-0.15, -0.1) is 0 Å². The summed E-state index contributed by atoms with van der Waals surface area (Å²) >= 11 is 0. The second-order valence-electron chi connectivity index (χ2n) is 14.2. The number of aliphatic carboxylic acids is 2. The van der Waals surface area contributed by atoms with Crippen LogP contribution in [0, 0.1) is 11.8 Å². The first-order valence-corrected chi connectivity index (χ1v) is 23.4. The molecule has 4 N–H and O–H groups in total. The first kappa shape index (κ1) is 44.3. The fourth-order valence-electron chi connectivity index (χ4n) is 7.63. The number of sulfonamides is 1. The molecule has 2 fully saturated rings. The van der Waals surface area contributed by atoms with Crippen LogP contribution in [0.3, 0.4) is 0 Å². The number of benzene rings is 3. The van der Waals surface area contributed by atoms with Crippen LogP contribution in [-0.4, -0.2) is 73.7 Å². The van der Waals surface area contributed by atoms with E-state index >= 15 is 0 Å². The van der Waals surface area contributed by atoms with Crippen LogP contribution in [-0.2, 0) is 29.1 Å². The number of ether oxygens (including phenoxy) is 1. The van der Waals surface area contributed by atoms with Crippen LogP contribution in [0.1, 0.15) is 58.3 Å². The third-order valence-corrected chi connectivity index (χ3v) is 16.6. The molecule has 3 aromatic carbocycles. The molecule has 2 aliphatic rings. The van der Waals surface area contributed by atoms with Crippen molar-refractivity contribution < 1.29 is 37.8 Å². The van der Waals surface area contributed by atoms with Crippen LogP contribution in [0.5, 0.6) is 0 Å². The van der Waals surface area contributed by atoms with Gasteiger partial charge < -0.3 is 15.2 Å². The van der Waals surface area contributed by atoms with E-state index in [9.17, 15) is 22.8 Å². The number of hydrogen-bond acceptors (Lipinski definition) is 6. The van der Waals surface area contributed by atoms with Crippen molar-refractivity contribution in [2.24, 2.45) is 11.8 Å². The summed E-state index contributed by atoms with van der Waals surface area (Å²) in [5.74, 6) is -1.53. The molecule has 4 atom stereocenters. The molecule has 2 heterocycles. The molecule has 3 aromatic rings. The number of carboxylic acids is 2. The normalized spacial score (nSPS) is 19.6. The van der Waals surface area contributed by atoms with E-state index in [0.29, 0.717) is 25.3 Å². The molecular formula is C44H57N2O8PS. The first-order valence-electron chi connectivity index (χ1n) is 19.5. The summed E-state index contributed by atoms with van der Waals surface area (Å²) in [6.45, 7) is 2.23. The monoisotopic (exact) mass is 804 g/mol. The zero-order valence-electron chi connectivity index (χ0n) is 32.2. The predicted molar refractivity (Wildman–Crippen MR) is 227 cm³/mol. The second kappa shape index (κ2) is 23.0. The van der Waals surface area contributed by atoms with Crippen molar-refractivity contribution in [2.75, 3.05) is 25.0 Å². The third-order valence-electron chi connectivity index (χ3n) is 10.4. The standard InChI is InChI=1S/C23H23O2P.C21H34N2O6S/c24-23(25)18-10-11-19-26(20-12-4-1-5-13-20,21-14-6-2-7-15-21)22-16-8-3-9-17-22;1-2-3-8-13-30(27,28)23-15-20(24)22-14-17-16(18-11-12-19(17)29-18)9-6-4-5-7-10-21(25)26/h1-17,26H,18-19H2,(H,24,25);4,6-7,10,16-19,23H,2-3,5,8-9,11-15H2,1H3,(H,22,24)(H,25,26)/b;6-4-,10-7+/t;16-,17+,18-,19+/m.1/s1. The molecule has 0 aliphatic carbocycles. The van der Waals surface area contributed by atoms with Crippen LogP contribution < -0.4 is 26.0 Å². The molecule has 1 amide bonds. The quantitative estimate of drug-likeness (QED) is 0.0461. The Morgan fingerprint density at radius 2 is 1.34 bits per heavy atom. The van der Waals surface area contributed by atoms with Crippen LogP contribution >= 0.6 is 7.26 Å². The number of carboxylic acid groups (broad SMARTS) is 2. The summed E-state index contributed by atoms with van der Waals surface area (Å²) in [6.07, 6.45) is 17.5. The number of amides is 1. The number of allylic oxidation sites excluding steroid dienone is 4. The van der Waals surface area contributed by atoms with Gasteiger partial charge in [0.2, 0.25) is 15.9 Å². The molecule has 2 saturated heterocycles. The van der Waals surface area contributed by atoms with Crippen LogP contribution in [0.2, 0.25) is 0 Å². The third kappa shape index (κ3) is 13.7. The van der Waals surface area contributed by atoms with Crippen LogP contribution in [0.25, 0.3) is 0 Å².